The van der Waals surface area contributed by atoms with Crippen LogP contribution in [-0.4, -0.2) is 56.5 Å². The number of nitrogens with one attached hydrogen (secondary N) is 1. The first-order valence-corrected chi connectivity index (χ1v) is 10.4. The second-order valence-corrected chi connectivity index (χ2v) is 7.80. The Labute approximate surface area is 199 Å². The van der Waals surface area contributed by atoms with Crippen LogP contribution in [0, 0.1) is 17.0 Å². The molecule has 0 radical (unpaired) electrons. The maximum atomic E-state index is 12.7. The summed E-state index contributed by atoms with van der Waals surface area (Å²) in [6.45, 7) is 1.43. The predicted octanol–water partition coefficient (Wildman–Crippen LogP) is 1.57. The minimum Gasteiger partial charge on any atom is -0.395 e. The number of nitrogens with two attached hydrogens (primary N) is 1. The Morgan fingerprint density at radius 1 is 1.26 bits per heavy atom. The van der Waals surface area contributed by atoms with Gasteiger partial charge in [0.25, 0.3) is 17.2 Å². The van der Waals surface area contributed by atoms with Crippen LogP contribution < -0.4 is 16.6 Å². The van der Waals surface area contributed by atoms with Crippen molar-refractivity contribution in [3.8, 4) is 11.3 Å². The molecular formula is C23H24N6O6. The van der Waals surface area contributed by atoms with E-state index in [4.69, 9.17) is 10.8 Å². The molecule has 3 aromatic rings. The molecule has 12 heteroatoms. The van der Waals surface area contributed by atoms with E-state index in [-0.39, 0.29) is 30.2 Å². The van der Waals surface area contributed by atoms with Crippen LogP contribution in [0.15, 0.2) is 47.4 Å². The highest BCUT2D eigenvalue weighted by Crippen LogP contribution is 2.27. The molecule has 0 aliphatic carbocycles. The summed E-state index contributed by atoms with van der Waals surface area (Å²) in [6, 6.07) is 8.78. The number of nitro benzene ring substituents is 1. The molecule has 182 valence electrons. The molecule has 1 aromatic heterocycles. The second kappa shape index (κ2) is 10.1. The minimum atomic E-state index is -0.703. The molecule has 0 bridgehead atoms. The Balaban J connectivity index is 2.05. The van der Waals surface area contributed by atoms with Gasteiger partial charge in [0.15, 0.2) is 5.82 Å². The second-order valence-electron chi connectivity index (χ2n) is 7.80. The van der Waals surface area contributed by atoms with E-state index >= 15 is 0 Å². The van der Waals surface area contributed by atoms with Crippen molar-refractivity contribution in [3.05, 3.63) is 79.8 Å². The van der Waals surface area contributed by atoms with Gasteiger partial charge < -0.3 is 25.6 Å². The molecule has 0 atom stereocenters. The van der Waals surface area contributed by atoms with E-state index in [1.165, 1.54) is 41.9 Å². The van der Waals surface area contributed by atoms with Gasteiger partial charge >= 0.3 is 0 Å². The number of aliphatic hydroxyl groups excluding tert-OH is 1. The van der Waals surface area contributed by atoms with Gasteiger partial charge in [-0.3, -0.25) is 24.5 Å². The number of aliphatic hydroxyl groups is 1. The van der Waals surface area contributed by atoms with Gasteiger partial charge in [0.05, 0.1) is 17.2 Å². The summed E-state index contributed by atoms with van der Waals surface area (Å²) in [5.41, 5.74) is 6.33. The number of primary amides is 1. The van der Waals surface area contributed by atoms with Crippen molar-refractivity contribution in [2.75, 3.05) is 25.5 Å². The van der Waals surface area contributed by atoms with Crippen molar-refractivity contribution in [3.63, 3.8) is 0 Å². The summed E-state index contributed by atoms with van der Waals surface area (Å²) in [5.74, 6) is -1.34. The summed E-state index contributed by atoms with van der Waals surface area (Å²) in [4.78, 5) is 53.4. The molecule has 1 heterocycles. The van der Waals surface area contributed by atoms with Crippen molar-refractivity contribution < 1.29 is 19.6 Å². The number of nitro groups is 1. The zero-order chi connectivity index (χ0) is 25.9. The molecule has 0 aliphatic heterocycles. The van der Waals surface area contributed by atoms with Crippen LogP contribution in [-0.2, 0) is 7.05 Å². The number of hydrogen-bond acceptors (Lipinski definition) is 8. The summed E-state index contributed by atoms with van der Waals surface area (Å²) >= 11 is 0. The molecule has 0 saturated carbocycles. The standard InChI is InChI=1S/C23H24N6O6/c1-13-15(5-4-6-16(13)20(24)31)18-12-28(3)23(33)21(26-18)25-14-7-8-17(19(11-14)29(34)35)22(32)27(2)9-10-30/h4-8,11-12,30H,9-10H2,1-3H3,(H2,24,31)(H,25,26). The van der Waals surface area contributed by atoms with E-state index in [2.05, 4.69) is 10.3 Å². The predicted molar refractivity (Wildman–Crippen MR) is 129 cm³/mol. The third-order valence-electron chi connectivity index (χ3n) is 5.42. The number of amides is 2. The molecular weight excluding hydrogens is 456 g/mol. The number of hydrogen-bond donors (Lipinski definition) is 3. The van der Waals surface area contributed by atoms with Crippen LogP contribution in [0.2, 0.25) is 0 Å². The Morgan fingerprint density at radius 2 is 1.97 bits per heavy atom. The lowest BCUT2D eigenvalue weighted by molar-refractivity contribution is -0.385. The van der Waals surface area contributed by atoms with E-state index in [1.54, 1.807) is 25.1 Å². The zero-order valence-electron chi connectivity index (χ0n) is 19.3. The van der Waals surface area contributed by atoms with Gasteiger partial charge in [-0.1, -0.05) is 12.1 Å². The Morgan fingerprint density at radius 3 is 2.60 bits per heavy atom. The third-order valence-corrected chi connectivity index (χ3v) is 5.42. The lowest BCUT2D eigenvalue weighted by Gasteiger charge is -2.16. The molecule has 35 heavy (non-hydrogen) atoms. The summed E-state index contributed by atoms with van der Waals surface area (Å²) < 4.78 is 1.29. The average molecular weight is 480 g/mol. The quantitative estimate of drug-likeness (QED) is 0.322. The van der Waals surface area contributed by atoms with E-state index in [0.717, 1.165) is 6.07 Å². The van der Waals surface area contributed by atoms with E-state index < -0.39 is 28.0 Å². The number of aryl methyl sites for hydroxylation is 1. The van der Waals surface area contributed by atoms with Crippen LogP contribution in [0.1, 0.15) is 26.3 Å². The monoisotopic (exact) mass is 480 g/mol. The zero-order valence-corrected chi connectivity index (χ0v) is 19.3. The first kappa shape index (κ1) is 25.1. The van der Waals surface area contributed by atoms with Crippen LogP contribution in [0.4, 0.5) is 17.2 Å². The number of nitrogens with zero attached hydrogens (tertiary/aromatic N) is 4. The molecule has 3 rings (SSSR count). The summed E-state index contributed by atoms with van der Waals surface area (Å²) in [7, 11) is 2.94. The number of likely N-dealkylation sites (N-methyl/N-ethyl adjacent to an activating group) is 1. The van der Waals surface area contributed by atoms with E-state index in [1.807, 2.05) is 0 Å². The summed E-state index contributed by atoms with van der Waals surface area (Å²) in [5, 5.41) is 23.5. The van der Waals surface area contributed by atoms with Gasteiger partial charge in [-0.2, -0.15) is 0 Å². The largest absolute Gasteiger partial charge is 0.395 e. The molecule has 0 unspecified atom stereocenters. The minimum absolute atomic E-state index is 0.0130. The first-order valence-electron chi connectivity index (χ1n) is 10.4. The molecule has 0 aliphatic rings. The molecule has 2 amide bonds. The highest BCUT2D eigenvalue weighted by molar-refractivity contribution is 5.99. The van der Waals surface area contributed by atoms with Crippen molar-refractivity contribution in [1.82, 2.24) is 14.5 Å². The van der Waals surface area contributed by atoms with Crippen LogP contribution in [0.3, 0.4) is 0 Å². The van der Waals surface area contributed by atoms with Crippen LogP contribution in [0.25, 0.3) is 11.3 Å². The number of anilines is 2. The van der Waals surface area contributed by atoms with Gasteiger partial charge in [-0.05, 0) is 30.7 Å². The highest BCUT2D eigenvalue weighted by Gasteiger charge is 2.24. The molecule has 0 spiro atoms. The van der Waals surface area contributed by atoms with Gasteiger partial charge in [0.1, 0.15) is 5.56 Å². The van der Waals surface area contributed by atoms with Crippen LogP contribution >= 0.6 is 0 Å². The van der Waals surface area contributed by atoms with E-state index in [0.29, 0.717) is 22.4 Å². The molecule has 4 N–H and O–H groups in total. The molecule has 0 fully saturated rings. The smallest absolute Gasteiger partial charge is 0.293 e. The number of carbonyl (C=O) groups excluding carboxylic acids is 2. The maximum Gasteiger partial charge on any atom is 0.293 e. The average Bonchev–Trinajstić information content (AvgIpc) is 2.81. The van der Waals surface area contributed by atoms with Crippen molar-refractivity contribution in [1.29, 1.82) is 0 Å². The Hall–Kier alpha value is -4.58. The van der Waals surface area contributed by atoms with Crippen molar-refractivity contribution in [2.45, 2.75) is 6.92 Å². The number of benzene rings is 2. The molecule has 12 nitrogen and oxygen atoms in total. The lowest BCUT2D eigenvalue weighted by atomic mass is 10.00. The third kappa shape index (κ3) is 5.17. The van der Waals surface area contributed by atoms with Crippen molar-refractivity contribution >= 4 is 29.0 Å². The fourth-order valence-corrected chi connectivity index (χ4v) is 3.53. The van der Waals surface area contributed by atoms with Crippen LogP contribution in [0.5, 0.6) is 0 Å². The van der Waals surface area contributed by atoms with E-state index in [9.17, 15) is 24.5 Å². The van der Waals surface area contributed by atoms with Gasteiger partial charge in [-0.25, -0.2) is 4.98 Å². The maximum absolute atomic E-state index is 12.7. The van der Waals surface area contributed by atoms with Gasteiger partial charge in [-0.15, -0.1) is 0 Å². The molecule has 0 saturated heterocycles. The Kier molecular flexibility index (Phi) is 7.25. The fraction of sp³-hybridized carbons (Fsp3) is 0.217. The van der Waals surface area contributed by atoms with Crippen molar-refractivity contribution in [2.24, 2.45) is 12.8 Å². The molecule has 2 aromatic carbocycles. The summed E-state index contributed by atoms with van der Waals surface area (Å²) in [6.07, 6.45) is 1.50. The number of rotatable bonds is 8. The lowest BCUT2D eigenvalue weighted by Crippen LogP contribution is -2.30. The van der Waals surface area contributed by atoms with Gasteiger partial charge in [0.2, 0.25) is 5.91 Å². The first-order chi connectivity index (χ1) is 16.5. The Bertz CT molecular complexity index is 1380. The van der Waals surface area contributed by atoms with Gasteiger partial charge in [0, 0.05) is 49.7 Å². The topological polar surface area (TPSA) is 174 Å². The highest BCUT2D eigenvalue weighted by atomic mass is 16.6. The number of carbonyl (C=O) groups is 2. The SMILES string of the molecule is Cc1c(C(N)=O)cccc1-c1cn(C)c(=O)c(Nc2ccc(C(=O)N(C)CCO)c([N+](=O)[O-])c2)n1. The fourth-order valence-electron chi connectivity index (χ4n) is 3.53. The number of aromatic nitrogens is 2. The normalized spacial score (nSPS) is 10.6.